The highest BCUT2D eigenvalue weighted by Crippen LogP contribution is 2.26. The Balaban J connectivity index is 1.55. The summed E-state index contributed by atoms with van der Waals surface area (Å²) >= 11 is 5.89. The number of hydrogen-bond acceptors (Lipinski definition) is 3. The highest BCUT2D eigenvalue weighted by atomic mass is 35.5. The van der Waals surface area contributed by atoms with Crippen LogP contribution in [0.5, 0.6) is 5.75 Å². The lowest BCUT2D eigenvalue weighted by Crippen LogP contribution is -2.36. The van der Waals surface area contributed by atoms with E-state index in [0.29, 0.717) is 24.5 Å². The minimum atomic E-state index is -0.649. The second-order valence-electron chi connectivity index (χ2n) is 6.84. The van der Waals surface area contributed by atoms with Gasteiger partial charge in [-0.25, -0.2) is 0 Å². The van der Waals surface area contributed by atoms with E-state index >= 15 is 0 Å². The molecule has 142 valence electrons. The number of benzene rings is 2. The Morgan fingerprint density at radius 2 is 1.85 bits per heavy atom. The van der Waals surface area contributed by atoms with Crippen molar-refractivity contribution in [1.82, 2.24) is 5.32 Å². The summed E-state index contributed by atoms with van der Waals surface area (Å²) < 4.78 is 5.61. The molecule has 1 aliphatic rings. The number of halogens is 1. The van der Waals surface area contributed by atoms with Crippen molar-refractivity contribution in [2.75, 3.05) is 11.4 Å². The Hall–Kier alpha value is -2.53. The average molecular weight is 387 g/mol. The zero-order chi connectivity index (χ0) is 19.4. The van der Waals surface area contributed by atoms with Gasteiger partial charge in [0.05, 0.1) is 6.10 Å². The number of ether oxygens (including phenoxy) is 1. The minimum absolute atomic E-state index is 0.118. The van der Waals surface area contributed by atoms with Gasteiger partial charge in [0.1, 0.15) is 11.7 Å². The maximum absolute atomic E-state index is 12.6. The van der Waals surface area contributed by atoms with Crippen LogP contribution in [0.4, 0.5) is 5.69 Å². The molecule has 0 radical (unpaired) electrons. The van der Waals surface area contributed by atoms with Gasteiger partial charge in [0.25, 0.3) is 0 Å². The average Bonchev–Trinajstić information content (AvgIpc) is 3.03. The van der Waals surface area contributed by atoms with E-state index in [1.54, 1.807) is 29.2 Å². The number of hydrogen-bond donors (Lipinski definition) is 1. The van der Waals surface area contributed by atoms with Crippen molar-refractivity contribution in [3.8, 4) is 5.75 Å². The van der Waals surface area contributed by atoms with Crippen molar-refractivity contribution in [3.05, 3.63) is 59.1 Å². The van der Waals surface area contributed by atoms with Crippen LogP contribution in [0.1, 0.15) is 25.8 Å². The first-order valence-electron chi connectivity index (χ1n) is 9.04. The lowest BCUT2D eigenvalue weighted by molar-refractivity contribution is -0.132. The number of carbonyl (C=O) groups is 2. The fourth-order valence-corrected chi connectivity index (χ4v) is 3.20. The van der Waals surface area contributed by atoms with E-state index in [4.69, 9.17) is 16.3 Å². The molecule has 0 aliphatic carbocycles. The topological polar surface area (TPSA) is 58.6 Å². The van der Waals surface area contributed by atoms with Gasteiger partial charge in [0.2, 0.25) is 11.8 Å². The third-order valence-electron chi connectivity index (χ3n) is 4.42. The molecule has 2 amide bonds. The summed E-state index contributed by atoms with van der Waals surface area (Å²) in [6.45, 7) is 4.85. The quantitative estimate of drug-likeness (QED) is 0.768. The standard InChI is InChI=1S/C21H23ClN2O3/c1-14(2)27-18-9-3-15(4-10-18)13-23-20(25)19-11-12-24(21(19)26)17-7-5-16(22)6-8-17/h3-10,14,19H,11-13H2,1-2H3,(H,23,25)/t19-/m0/s1. The molecule has 2 aromatic carbocycles. The molecular formula is C21H23ClN2O3. The highest BCUT2D eigenvalue weighted by Gasteiger charge is 2.37. The van der Waals surface area contributed by atoms with Crippen molar-refractivity contribution in [2.45, 2.75) is 32.9 Å². The third-order valence-corrected chi connectivity index (χ3v) is 4.67. The smallest absolute Gasteiger partial charge is 0.239 e. The van der Waals surface area contributed by atoms with Gasteiger partial charge in [-0.1, -0.05) is 23.7 Å². The van der Waals surface area contributed by atoms with Gasteiger partial charge in [0.15, 0.2) is 0 Å². The zero-order valence-corrected chi connectivity index (χ0v) is 16.2. The predicted octanol–water partition coefficient (Wildman–Crippen LogP) is 3.80. The van der Waals surface area contributed by atoms with Crippen molar-refractivity contribution < 1.29 is 14.3 Å². The van der Waals surface area contributed by atoms with Gasteiger partial charge in [0, 0.05) is 23.8 Å². The van der Waals surface area contributed by atoms with E-state index in [1.807, 2.05) is 38.1 Å². The molecule has 3 rings (SSSR count). The van der Waals surface area contributed by atoms with E-state index < -0.39 is 5.92 Å². The first-order chi connectivity index (χ1) is 12.9. The Labute approximate surface area is 164 Å². The van der Waals surface area contributed by atoms with Gasteiger partial charge < -0.3 is 15.0 Å². The SMILES string of the molecule is CC(C)Oc1ccc(CNC(=O)[C@@H]2CCN(c3ccc(Cl)cc3)C2=O)cc1. The molecule has 1 atom stereocenters. The first-order valence-corrected chi connectivity index (χ1v) is 9.42. The molecule has 1 saturated heterocycles. The second kappa shape index (κ2) is 8.44. The van der Waals surface area contributed by atoms with Gasteiger partial charge in [-0.2, -0.15) is 0 Å². The highest BCUT2D eigenvalue weighted by molar-refractivity contribution is 6.30. The molecule has 2 aromatic rings. The minimum Gasteiger partial charge on any atom is -0.491 e. The summed E-state index contributed by atoms with van der Waals surface area (Å²) in [7, 11) is 0. The van der Waals surface area contributed by atoms with Crippen molar-refractivity contribution in [3.63, 3.8) is 0 Å². The van der Waals surface area contributed by atoms with E-state index in [-0.39, 0.29) is 17.9 Å². The summed E-state index contributed by atoms with van der Waals surface area (Å²) in [5.74, 6) is -0.261. The van der Waals surface area contributed by atoms with Crippen LogP contribution in [0.3, 0.4) is 0 Å². The lowest BCUT2D eigenvalue weighted by Gasteiger charge is -2.17. The van der Waals surface area contributed by atoms with E-state index in [2.05, 4.69) is 5.32 Å². The Bertz CT molecular complexity index is 803. The van der Waals surface area contributed by atoms with Crippen LogP contribution in [0.15, 0.2) is 48.5 Å². The van der Waals surface area contributed by atoms with Gasteiger partial charge >= 0.3 is 0 Å². The second-order valence-corrected chi connectivity index (χ2v) is 7.27. The van der Waals surface area contributed by atoms with Crippen molar-refractivity contribution in [2.24, 2.45) is 5.92 Å². The van der Waals surface area contributed by atoms with Crippen LogP contribution in [0.25, 0.3) is 0 Å². The number of nitrogens with zero attached hydrogens (tertiary/aromatic N) is 1. The molecule has 5 nitrogen and oxygen atoms in total. The fraction of sp³-hybridized carbons (Fsp3) is 0.333. The number of amides is 2. The summed E-state index contributed by atoms with van der Waals surface area (Å²) in [4.78, 5) is 26.7. The summed E-state index contributed by atoms with van der Waals surface area (Å²) in [6.07, 6.45) is 0.626. The molecule has 1 aliphatic heterocycles. The van der Waals surface area contributed by atoms with Crippen molar-refractivity contribution >= 4 is 29.1 Å². The molecular weight excluding hydrogens is 364 g/mol. The maximum atomic E-state index is 12.6. The Kier molecular flexibility index (Phi) is 6.01. The summed E-state index contributed by atoms with van der Waals surface area (Å²) in [5.41, 5.74) is 1.72. The molecule has 0 bridgehead atoms. The van der Waals surface area contributed by atoms with E-state index in [9.17, 15) is 9.59 Å². The largest absolute Gasteiger partial charge is 0.491 e. The predicted molar refractivity (Wildman–Crippen MR) is 106 cm³/mol. The van der Waals surface area contributed by atoms with Crippen LogP contribution in [-0.4, -0.2) is 24.5 Å². The number of nitrogens with one attached hydrogen (secondary N) is 1. The van der Waals surface area contributed by atoms with Crippen LogP contribution < -0.4 is 15.0 Å². The normalized spacial score (nSPS) is 16.7. The maximum Gasteiger partial charge on any atom is 0.239 e. The first kappa shape index (κ1) is 19.2. The van der Waals surface area contributed by atoms with E-state index in [1.165, 1.54) is 0 Å². The molecule has 27 heavy (non-hydrogen) atoms. The van der Waals surface area contributed by atoms with Crippen LogP contribution in [0, 0.1) is 5.92 Å². The van der Waals surface area contributed by atoms with Gasteiger partial charge in [-0.05, 0) is 62.2 Å². The molecule has 0 saturated carbocycles. The fourth-order valence-electron chi connectivity index (χ4n) is 3.07. The molecule has 0 aromatic heterocycles. The van der Waals surface area contributed by atoms with Gasteiger partial charge in [-0.3, -0.25) is 9.59 Å². The van der Waals surface area contributed by atoms with Crippen LogP contribution in [0.2, 0.25) is 5.02 Å². The molecule has 1 fully saturated rings. The lowest BCUT2D eigenvalue weighted by atomic mass is 10.1. The molecule has 1 N–H and O–H groups in total. The summed E-state index contributed by atoms with van der Waals surface area (Å²) in [6, 6.07) is 14.6. The summed E-state index contributed by atoms with van der Waals surface area (Å²) in [5, 5.41) is 3.48. The van der Waals surface area contributed by atoms with Crippen LogP contribution >= 0.6 is 11.6 Å². The molecule has 6 heteroatoms. The Morgan fingerprint density at radius 3 is 2.48 bits per heavy atom. The number of anilines is 1. The molecule has 1 heterocycles. The monoisotopic (exact) mass is 386 g/mol. The number of rotatable bonds is 6. The zero-order valence-electron chi connectivity index (χ0n) is 15.4. The molecule has 0 spiro atoms. The van der Waals surface area contributed by atoms with Crippen molar-refractivity contribution in [1.29, 1.82) is 0 Å². The molecule has 0 unspecified atom stereocenters. The third kappa shape index (κ3) is 4.80. The van der Waals surface area contributed by atoms with E-state index in [0.717, 1.165) is 17.0 Å². The number of carbonyl (C=O) groups excluding carboxylic acids is 2. The van der Waals surface area contributed by atoms with Gasteiger partial charge in [-0.15, -0.1) is 0 Å². The Morgan fingerprint density at radius 1 is 1.19 bits per heavy atom. The van der Waals surface area contributed by atoms with Crippen LogP contribution in [-0.2, 0) is 16.1 Å².